The second-order valence-electron chi connectivity index (χ2n) is 6.03. The highest BCUT2D eigenvalue weighted by atomic mass is 16.5. The molecule has 0 unspecified atom stereocenters. The van der Waals surface area contributed by atoms with Crippen LogP contribution in [0.2, 0.25) is 0 Å². The highest BCUT2D eigenvalue weighted by molar-refractivity contribution is 5.84. The monoisotopic (exact) mass is 319 g/mol. The van der Waals surface area contributed by atoms with E-state index in [1.807, 2.05) is 31.2 Å². The maximum Gasteiger partial charge on any atom is 0.242 e. The normalized spacial score (nSPS) is 16.6. The number of hydrogen-bond donors (Lipinski definition) is 2. The molecule has 5 nitrogen and oxygen atoms in total. The second kappa shape index (κ2) is 9.40. The maximum absolute atomic E-state index is 12.4. The van der Waals surface area contributed by atoms with Gasteiger partial charge in [0, 0.05) is 24.8 Å². The van der Waals surface area contributed by atoms with Gasteiger partial charge >= 0.3 is 0 Å². The Morgan fingerprint density at radius 3 is 2.78 bits per heavy atom. The number of nitrogens with one attached hydrogen (secondary N) is 2. The van der Waals surface area contributed by atoms with Gasteiger partial charge in [0.1, 0.15) is 11.8 Å². The lowest BCUT2D eigenvalue weighted by Crippen LogP contribution is -2.43. The molecule has 2 rings (SSSR count). The number of amides is 1. The number of anilines is 1. The predicted molar refractivity (Wildman–Crippen MR) is 94.0 cm³/mol. The zero-order chi connectivity index (χ0) is 16.5. The van der Waals surface area contributed by atoms with E-state index in [9.17, 15) is 4.79 Å². The van der Waals surface area contributed by atoms with Crippen LogP contribution in [0.15, 0.2) is 24.3 Å². The van der Waals surface area contributed by atoms with Crippen LogP contribution in [-0.2, 0) is 4.79 Å². The Hall–Kier alpha value is -1.75. The minimum Gasteiger partial charge on any atom is -0.497 e. The van der Waals surface area contributed by atoms with E-state index in [0.717, 1.165) is 44.0 Å². The largest absolute Gasteiger partial charge is 0.497 e. The number of nitrogens with zero attached hydrogens (tertiary/aromatic N) is 1. The van der Waals surface area contributed by atoms with E-state index in [-0.39, 0.29) is 11.9 Å². The lowest BCUT2D eigenvalue weighted by molar-refractivity contribution is -0.121. The Morgan fingerprint density at radius 1 is 1.30 bits per heavy atom. The van der Waals surface area contributed by atoms with Gasteiger partial charge in [-0.05, 0) is 44.5 Å². The predicted octanol–water partition coefficient (Wildman–Crippen LogP) is 2.49. The molecular weight excluding hydrogens is 290 g/mol. The number of carbonyl (C=O) groups excluding carboxylic acids is 1. The van der Waals surface area contributed by atoms with Gasteiger partial charge in [-0.25, -0.2) is 0 Å². The molecule has 0 bridgehead atoms. The Bertz CT molecular complexity index is 487. The molecule has 1 aliphatic heterocycles. The lowest BCUT2D eigenvalue weighted by Gasteiger charge is -2.26. The molecule has 1 aliphatic rings. The first-order valence-electron chi connectivity index (χ1n) is 8.63. The van der Waals surface area contributed by atoms with E-state index >= 15 is 0 Å². The molecular formula is C18H29N3O2. The highest BCUT2D eigenvalue weighted by Crippen LogP contribution is 2.18. The Balaban J connectivity index is 1.78. The SMILES string of the molecule is CC[C@H](Nc1cccc(OC)c1)C(=O)NCCN1CCCCC1. The molecule has 1 amide bonds. The molecule has 0 saturated carbocycles. The molecule has 0 spiro atoms. The van der Waals surface area contributed by atoms with Crippen molar-refractivity contribution < 1.29 is 9.53 Å². The van der Waals surface area contributed by atoms with Gasteiger partial charge in [0.25, 0.3) is 0 Å². The van der Waals surface area contributed by atoms with Gasteiger partial charge in [0.05, 0.1) is 7.11 Å². The standard InChI is InChI=1S/C18H29N3O2/c1-3-17(20-15-8-7-9-16(14-15)23-2)18(22)19-10-13-21-11-5-4-6-12-21/h7-9,14,17,20H,3-6,10-13H2,1-2H3,(H,19,22)/t17-/m0/s1. The molecule has 1 fully saturated rings. The molecule has 1 aromatic carbocycles. The first-order valence-corrected chi connectivity index (χ1v) is 8.63. The van der Waals surface area contributed by atoms with Gasteiger partial charge in [-0.1, -0.05) is 19.4 Å². The van der Waals surface area contributed by atoms with Crippen LogP contribution >= 0.6 is 0 Å². The molecule has 23 heavy (non-hydrogen) atoms. The Morgan fingerprint density at radius 2 is 2.09 bits per heavy atom. The van der Waals surface area contributed by atoms with Crippen molar-refractivity contribution in [2.75, 3.05) is 38.6 Å². The summed E-state index contributed by atoms with van der Waals surface area (Å²) in [5, 5.41) is 6.34. The highest BCUT2D eigenvalue weighted by Gasteiger charge is 2.16. The zero-order valence-electron chi connectivity index (χ0n) is 14.3. The van der Waals surface area contributed by atoms with E-state index in [2.05, 4.69) is 15.5 Å². The molecule has 1 heterocycles. The fourth-order valence-corrected chi connectivity index (χ4v) is 2.91. The van der Waals surface area contributed by atoms with Crippen molar-refractivity contribution in [3.05, 3.63) is 24.3 Å². The first kappa shape index (κ1) is 17.6. The van der Waals surface area contributed by atoms with Crippen LogP contribution in [-0.4, -0.2) is 50.1 Å². The third-order valence-electron chi connectivity index (χ3n) is 4.31. The lowest BCUT2D eigenvalue weighted by atomic mass is 10.1. The molecule has 1 saturated heterocycles. The first-order chi connectivity index (χ1) is 11.2. The van der Waals surface area contributed by atoms with Crippen LogP contribution in [0, 0.1) is 0 Å². The van der Waals surface area contributed by atoms with Crippen LogP contribution < -0.4 is 15.4 Å². The average molecular weight is 319 g/mol. The number of rotatable bonds is 8. The van der Waals surface area contributed by atoms with E-state index in [1.165, 1.54) is 19.3 Å². The average Bonchev–Trinajstić information content (AvgIpc) is 2.60. The van der Waals surface area contributed by atoms with Crippen molar-refractivity contribution in [1.82, 2.24) is 10.2 Å². The summed E-state index contributed by atoms with van der Waals surface area (Å²) in [5.41, 5.74) is 0.905. The molecule has 128 valence electrons. The fraction of sp³-hybridized carbons (Fsp3) is 0.611. The van der Waals surface area contributed by atoms with Gasteiger partial charge in [-0.15, -0.1) is 0 Å². The number of methoxy groups -OCH3 is 1. The number of piperidine rings is 1. The van der Waals surface area contributed by atoms with Crippen molar-refractivity contribution >= 4 is 11.6 Å². The number of hydrogen-bond acceptors (Lipinski definition) is 4. The summed E-state index contributed by atoms with van der Waals surface area (Å²) in [6, 6.07) is 7.45. The van der Waals surface area contributed by atoms with Crippen LogP contribution in [0.3, 0.4) is 0 Å². The molecule has 0 aromatic heterocycles. The van der Waals surface area contributed by atoms with Gasteiger partial charge in [-0.2, -0.15) is 0 Å². The summed E-state index contributed by atoms with van der Waals surface area (Å²) in [6.45, 7) is 6.00. The van der Waals surface area contributed by atoms with Crippen LogP contribution in [0.4, 0.5) is 5.69 Å². The molecule has 0 aliphatic carbocycles. The summed E-state index contributed by atoms with van der Waals surface area (Å²) >= 11 is 0. The van der Waals surface area contributed by atoms with E-state index in [4.69, 9.17) is 4.74 Å². The third-order valence-corrected chi connectivity index (χ3v) is 4.31. The maximum atomic E-state index is 12.4. The summed E-state index contributed by atoms with van der Waals surface area (Å²) < 4.78 is 5.22. The van der Waals surface area contributed by atoms with Gasteiger partial charge in [0.2, 0.25) is 5.91 Å². The fourth-order valence-electron chi connectivity index (χ4n) is 2.91. The van der Waals surface area contributed by atoms with Crippen molar-refractivity contribution in [3.8, 4) is 5.75 Å². The van der Waals surface area contributed by atoms with E-state index in [1.54, 1.807) is 7.11 Å². The minimum atomic E-state index is -0.219. The van der Waals surface area contributed by atoms with Crippen LogP contribution in [0.25, 0.3) is 0 Å². The van der Waals surface area contributed by atoms with Crippen molar-refractivity contribution in [3.63, 3.8) is 0 Å². The van der Waals surface area contributed by atoms with E-state index < -0.39 is 0 Å². The topological polar surface area (TPSA) is 53.6 Å². The molecule has 2 N–H and O–H groups in total. The summed E-state index contributed by atoms with van der Waals surface area (Å²) in [4.78, 5) is 14.8. The van der Waals surface area contributed by atoms with E-state index in [0.29, 0.717) is 0 Å². The quantitative estimate of drug-likeness (QED) is 0.773. The number of ether oxygens (including phenoxy) is 1. The molecule has 1 atom stereocenters. The number of carbonyl (C=O) groups is 1. The van der Waals surface area contributed by atoms with Crippen molar-refractivity contribution in [2.24, 2.45) is 0 Å². The second-order valence-corrected chi connectivity index (χ2v) is 6.03. The summed E-state index contributed by atoms with van der Waals surface area (Å²) in [6.07, 6.45) is 4.64. The summed E-state index contributed by atoms with van der Waals surface area (Å²) in [7, 11) is 1.64. The van der Waals surface area contributed by atoms with Crippen molar-refractivity contribution in [2.45, 2.75) is 38.6 Å². The third kappa shape index (κ3) is 5.75. The molecule has 5 heteroatoms. The Kier molecular flexibility index (Phi) is 7.20. The minimum absolute atomic E-state index is 0.0623. The van der Waals surface area contributed by atoms with Crippen LogP contribution in [0.1, 0.15) is 32.6 Å². The van der Waals surface area contributed by atoms with Gasteiger partial charge in [0.15, 0.2) is 0 Å². The smallest absolute Gasteiger partial charge is 0.242 e. The molecule has 0 radical (unpaired) electrons. The van der Waals surface area contributed by atoms with Gasteiger partial charge in [-0.3, -0.25) is 4.79 Å². The van der Waals surface area contributed by atoms with Crippen LogP contribution in [0.5, 0.6) is 5.75 Å². The summed E-state index contributed by atoms with van der Waals surface area (Å²) in [5.74, 6) is 0.850. The van der Waals surface area contributed by atoms with Crippen molar-refractivity contribution in [1.29, 1.82) is 0 Å². The number of benzene rings is 1. The molecule has 1 aromatic rings. The zero-order valence-corrected chi connectivity index (χ0v) is 14.3. The Labute approximate surface area is 139 Å². The van der Waals surface area contributed by atoms with Gasteiger partial charge < -0.3 is 20.3 Å². The number of likely N-dealkylation sites (tertiary alicyclic amines) is 1.